The van der Waals surface area contributed by atoms with Crippen LogP contribution in [-0.4, -0.2) is 46.6 Å². The molecule has 9 nitrogen and oxygen atoms in total. The average Bonchev–Trinajstić information content (AvgIpc) is 2.91. The highest BCUT2D eigenvalue weighted by atomic mass is 16.3. The number of phenols is 8. The van der Waals surface area contributed by atoms with E-state index in [9.17, 15) is 45.6 Å². The van der Waals surface area contributed by atoms with E-state index in [4.69, 9.17) is 0 Å². The van der Waals surface area contributed by atoms with Crippen molar-refractivity contribution in [3.63, 3.8) is 0 Å². The lowest BCUT2D eigenvalue weighted by Crippen LogP contribution is -2.31. The second-order valence-corrected chi connectivity index (χ2v) is 10.7. The zero-order valence-electron chi connectivity index (χ0n) is 23.0. The molecule has 0 amide bonds. The minimum atomic E-state index is -1.04. The molecule has 3 atom stereocenters. The fraction of sp³-hybridized carbons (Fsp3) is 0.147. The van der Waals surface area contributed by atoms with Gasteiger partial charge in [-0.05, 0) is 66.9 Å². The Kier molecular flexibility index (Phi) is 7.65. The highest BCUT2D eigenvalue weighted by Gasteiger charge is 2.43. The summed E-state index contributed by atoms with van der Waals surface area (Å²) in [6.45, 7) is 1.82. The van der Waals surface area contributed by atoms with E-state index in [1.54, 1.807) is 12.2 Å². The van der Waals surface area contributed by atoms with E-state index < -0.39 is 29.3 Å². The maximum absolute atomic E-state index is 14.2. The highest BCUT2D eigenvalue weighted by Crippen LogP contribution is 2.52. The molecular formula is C34H30O9. The smallest absolute Gasteiger partial charge is 0.171 e. The van der Waals surface area contributed by atoms with Crippen LogP contribution in [0.25, 0.3) is 12.2 Å². The molecule has 1 aliphatic carbocycles. The molecule has 0 bridgehead atoms. The lowest BCUT2D eigenvalue weighted by atomic mass is 9.65. The Morgan fingerprint density at radius 1 is 0.674 bits per heavy atom. The predicted molar refractivity (Wildman–Crippen MR) is 160 cm³/mol. The first kappa shape index (κ1) is 28.9. The summed E-state index contributed by atoms with van der Waals surface area (Å²) in [5.74, 6) is -5.17. The first-order valence-corrected chi connectivity index (χ1v) is 13.4. The number of carbonyl (C=O) groups excluding carboxylic acids is 1. The maximum atomic E-state index is 14.2. The second-order valence-electron chi connectivity index (χ2n) is 10.7. The number of hydrogen-bond donors (Lipinski definition) is 8. The number of rotatable bonds is 6. The van der Waals surface area contributed by atoms with Crippen LogP contribution in [0.4, 0.5) is 0 Å². The molecule has 0 saturated carbocycles. The van der Waals surface area contributed by atoms with Crippen molar-refractivity contribution in [2.24, 2.45) is 5.92 Å². The first-order chi connectivity index (χ1) is 20.4. The van der Waals surface area contributed by atoms with Crippen molar-refractivity contribution in [1.82, 2.24) is 0 Å². The van der Waals surface area contributed by atoms with E-state index >= 15 is 0 Å². The highest BCUT2D eigenvalue weighted by molar-refractivity contribution is 6.02. The molecule has 4 aromatic rings. The van der Waals surface area contributed by atoms with Gasteiger partial charge in [0, 0.05) is 47.1 Å². The van der Waals surface area contributed by atoms with Crippen molar-refractivity contribution in [3.8, 4) is 46.0 Å². The third-order valence-corrected chi connectivity index (χ3v) is 7.75. The van der Waals surface area contributed by atoms with Gasteiger partial charge in [-0.3, -0.25) is 4.79 Å². The Hall–Kier alpha value is -5.57. The summed E-state index contributed by atoms with van der Waals surface area (Å²) in [7, 11) is 0. The number of benzene rings is 4. The summed E-state index contributed by atoms with van der Waals surface area (Å²) >= 11 is 0. The van der Waals surface area contributed by atoms with Gasteiger partial charge in [-0.25, -0.2) is 0 Å². The number of hydrogen-bond acceptors (Lipinski definition) is 9. The molecule has 0 fully saturated rings. The van der Waals surface area contributed by atoms with E-state index in [1.807, 2.05) is 6.92 Å². The molecule has 0 aromatic heterocycles. The van der Waals surface area contributed by atoms with Crippen molar-refractivity contribution in [2.75, 3.05) is 0 Å². The third kappa shape index (κ3) is 5.78. The van der Waals surface area contributed by atoms with Gasteiger partial charge in [-0.1, -0.05) is 29.9 Å². The van der Waals surface area contributed by atoms with Crippen LogP contribution in [0.1, 0.15) is 57.8 Å². The number of aromatic hydroxyl groups is 8. The van der Waals surface area contributed by atoms with Crippen molar-refractivity contribution in [3.05, 3.63) is 106 Å². The minimum absolute atomic E-state index is 0.0589. The van der Waals surface area contributed by atoms with Crippen molar-refractivity contribution in [1.29, 1.82) is 0 Å². The van der Waals surface area contributed by atoms with Crippen LogP contribution < -0.4 is 0 Å². The van der Waals surface area contributed by atoms with Gasteiger partial charge in [-0.15, -0.1) is 0 Å². The molecule has 0 saturated heterocycles. The van der Waals surface area contributed by atoms with Crippen LogP contribution in [0.3, 0.4) is 0 Å². The standard InChI is InChI=1S/C34H30O9/c1-17-10-25(23-8-6-21(36)15-28(23)39)32(34(43)24-9-7-22(37)16-29(24)40)26(11-17)33-30(41)12-18(13-31(33)42)2-3-19-4-5-20(35)14-27(19)38/h2-9,11-16,25-26,32,35-42H,10H2,1H3/b3-2-/t25-,26+,32-/m0/s1. The number of Topliss-reactive ketones (excluding diaryl/α,β-unsaturated/α-hetero) is 1. The summed E-state index contributed by atoms with van der Waals surface area (Å²) in [5, 5.41) is 83.1. The number of allylic oxidation sites excluding steroid dienone is 2. The summed E-state index contributed by atoms with van der Waals surface area (Å²) < 4.78 is 0. The second kappa shape index (κ2) is 11.4. The van der Waals surface area contributed by atoms with Gasteiger partial charge >= 0.3 is 0 Å². The van der Waals surface area contributed by atoms with E-state index in [0.717, 1.165) is 11.6 Å². The Labute approximate surface area is 246 Å². The Morgan fingerprint density at radius 2 is 1.26 bits per heavy atom. The molecule has 4 aromatic carbocycles. The lowest BCUT2D eigenvalue weighted by molar-refractivity contribution is 0.0876. The monoisotopic (exact) mass is 582 g/mol. The Morgan fingerprint density at radius 3 is 1.86 bits per heavy atom. The quantitative estimate of drug-likeness (QED) is 0.0744. The van der Waals surface area contributed by atoms with Gasteiger partial charge in [0.15, 0.2) is 5.78 Å². The fourth-order valence-electron chi connectivity index (χ4n) is 5.81. The lowest BCUT2D eigenvalue weighted by Gasteiger charge is -2.37. The predicted octanol–water partition coefficient (Wildman–Crippen LogP) is 6.22. The number of phenolic OH excluding ortho intramolecular Hbond substituents is 8. The van der Waals surface area contributed by atoms with Crippen molar-refractivity contribution >= 4 is 17.9 Å². The van der Waals surface area contributed by atoms with Crippen LogP contribution in [0, 0.1) is 5.92 Å². The molecule has 9 heteroatoms. The molecule has 0 radical (unpaired) electrons. The van der Waals surface area contributed by atoms with Gasteiger partial charge in [0.25, 0.3) is 0 Å². The molecular weight excluding hydrogens is 552 g/mol. The van der Waals surface area contributed by atoms with Crippen LogP contribution in [0.5, 0.6) is 46.0 Å². The third-order valence-electron chi connectivity index (χ3n) is 7.75. The fourth-order valence-corrected chi connectivity index (χ4v) is 5.81. The van der Waals surface area contributed by atoms with Crippen molar-refractivity contribution in [2.45, 2.75) is 25.2 Å². The first-order valence-electron chi connectivity index (χ1n) is 13.4. The van der Waals surface area contributed by atoms with Crippen LogP contribution in [0.15, 0.2) is 78.4 Å². The normalized spacial score (nSPS) is 18.4. The molecule has 43 heavy (non-hydrogen) atoms. The van der Waals surface area contributed by atoms with Crippen LogP contribution >= 0.6 is 0 Å². The van der Waals surface area contributed by atoms with Gasteiger partial charge in [0.2, 0.25) is 0 Å². The van der Waals surface area contributed by atoms with E-state index in [0.29, 0.717) is 23.1 Å². The van der Waals surface area contributed by atoms with Gasteiger partial charge < -0.3 is 40.9 Å². The van der Waals surface area contributed by atoms with E-state index in [-0.39, 0.29) is 51.4 Å². The molecule has 0 aliphatic heterocycles. The summed E-state index contributed by atoms with van der Waals surface area (Å²) in [4.78, 5) is 14.2. The largest absolute Gasteiger partial charge is 0.508 e. The topological polar surface area (TPSA) is 179 Å². The van der Waals surface area contributed by atoms with Gasteiger partial charge in [0.1, 0.15) is 46.0 Å². The molecule has 8 N–H and O–H groups in total. The Bertz CT molecular complexity index is 1760. The van der Waals surface area contributed by atoms with E-state index in [1.165, 1.54) is 66.7 Å². The van der Waals surface area contributed by atoms with E-state index in [2.05, 4.69) is 0 Å². The van der Waals surface area contributed by atoms with Crippen molar-refractivity contribution < 1.29 is 45.6 Å². The Balaban J connectivity index is 1.62. The number of carbonyl (C=O) groups is 1. The SMILES string of the molecule is CC1=C[C@@H](c2c(O)cc(/C=C\c3ccc(O)cc3O)cc2O)[C@@H](C(=O)c2ccc(O)cc2O)[C@H](c2ccc(O)cc2O)C1. The molecule has 1 aliphatic rings. The van der Waals surface area contributed by atoms with Gasteiger partial charge in [-0.2, -0.15) is 0 Å². The molecule has 220 valence electrons. The summed E-state index contributed by atoms with van der Waals surface area (Å²) in [6.07, 6.45) is 5.16. The number of ketones is 1. The minimum Gasteiger partial charge on any atom is -0.508 e. The summed E-state index contributed by atoms with van der Waals surface area (Å²) in [6, 6.07) is 14.5. The van der Waals surface area contributed by atoms with Crippen LogP contribution in [-0.2, 0) is 0 Å². The summed E-state index contributed by atoms with van der Waals surface area (Å²) in [5.41, 5.74) is 1.92. The molecule has 0 unspecified atom stereocenters. The van der Waals surface area contributed by atoms with Crippen LogP contribution in [0.2, 0.25) is 0 Å². The van der Waals surface area contributed by atoms with Gasteiger partial charge in [0.05, 0.1) is 5.56 Å². The molecule has 5 rings (SSSR count). The molecule has 0 spiro atoms. The average molecular weight is 583 g/mol. The maximum Gasteiger partial charge on any atom is 0.171 e. The zero-order chi connectivity index (χ0) is 31.0. The zero-order valence-corrected chi connectivity index (χ0v) is 23.0. The molecule has 0 heterocycles.